The van der Waals surface area contributed by atoms with E-state index in [0.29, 0.717) is 10.6 Å². The standard InChI is InChI=1S/C15H14BrClFNO/c1-19-15(12-5-3-9(17)7-14(12)18)11-6-4-10(20-2)8-13(11)16/h3-8,15,19H,1-2H3. The van der Waals surface area contributed by atoms with Crippen LogP contribution in [0, 0.1) is 5.82 Å². The highest BCUT2D eigenvalue weighted by atomic mass is 79.9. The van der Waals surface area contributed by atoms with Crippen LogP contribution in [0.4, 0.5) is 4.39 Å². The summed E-state index contributed by atoms with van der Waals surface area (Å²) in [4.78, 5) is 0. The van der Waals surface area contributed by atoms with Gasteiger partial charge in [-0.2, -0.15) is 0 Å². The zero-order valence-corrected chi connectivity index (χ0v) is 13.4. The van der Waals surface area contributed by atoms with Crippen LogP contribution in [0.2, 0.25) is 5.02 Å². The second-order valence-electron chi connectivity index (χ2n) is 4.27. The maximum absolute atomic E-state index is 14.1. The summed E-state index contributed by atoms with van der Waals surface area (Å²) in [5.41, 5.74) is 1.47. The molecule has 0 bridgehead atoms. The highest BCUT2D eigenvalue weighted by Gasteiger charge is 2.19. The minimum Gasteiger partial charge on any atom is -0.497 e. The lowest BCUT2D eigenvalue weighted by molar-refractivity contribution is 0.414. The molecule has 0 spiro atoms. The van der Waals surface area contributed by atoms with Gasteiger partial charge in [0.2, 0.25) is 0 Å². The molecule has 0 radical (unpaired) electrons. The molecular weight excluding hydrogens is 345 g/mol. The van der Waals surface area contributed by atoms with Crippen molar-refractivity contribution in [2.24, 2.45) is 0 Å². The molecule has 2 rings (SSSR count). The summed E-state index contributed by atoms with van der Waals surface area (Å²) in [6.45, 7) is 0. The Morgan fingerprint density at radius 3 is 2.45 bits per heavy atom. The molecule has 1 N–H and O–H groups in total. The van der Waals surface area contributed by atoms with Crippen LogP contribution in [-0.4, -0.2) is 14.2 Å². The topological polar surface area (TPSA) is 21.3 Å². The molecule has 106 valence electrons. The minimum absolute atomic E-state index is 0.271. The van der Waals surface area contributed by atoms with E-state index in [1.54, 1.807) is 26.3 Å². The van der Waals surface area contributed by atoms with Crippen molar-refractivity contribution in [3.63, 3.8) is 0 Å². The lowest BCUT2D eigenvalue weighted by Crippen LogP contribution is -2.19. The zero-order chi connectivity index (χ0) is 14.7. The predicted octanol–water partition coefficient (Wildman–Crippen LogP) is 4.56. The van der Waals surface area contributed by atoms with Crippen LogP contribution in [0.1, 0.15) is 17.2 Å². The highest BCUT2D eigenvalue weighted by Crippen LogP contribution is 2.33. The van der Waals surface area contributed by atoms with Gasteiger partial charge >= 0.3 is 0 Å². The first-order valence-corrected chi connectivity index (χ1v) is 7.19. The Labute approximate surface area is 131 Å². The van der Waals surface area contributed by atoms with Gasteiger partial charge in [-0.3, -0.25) is 0 Å². The van der Waals surface area contributed by atoms with Crippen LogP contribution in [0.5, 0.6) is 5.75 Å². The van der Waals surface area contributed by atoms with Crippen molar-refractivity contribution in [2.75, 3.05) is 14.2 Å². The van der Waals surface area contributed by atoms with Crippen LogP contribution in [0.25, 0.3) is 0 Å². The molecule has 2 aromatic carbocycles. The maximum Gasteiger partial charge on any atom is 0.129 e. The van der Waals surface area contributed by atoms with Crippen LogP contribution < -0.4 is 10.1 Å². The van der Waals surface area contributed by atoms with E-state index in [9.17, 15) is 4.39 Å². The van der Waals surface area contributed by atoms with Gasteiger partial charge in [-0.1, -0.05) is 39.7 Å². The molecule has 0 aliphatic carbocycles. The smallest absolute Gasteiger partial charge is 0.129 e. The van der Waals surface area contributed by atoms with E-state index >= 15 is 0 Å². The first-order chi connectivity index (χ1) is 9.56. The van der Waals surface area contributed by atoms with Crippen molar-refractivity contribution in [3.8, 4) is 5.75 Å². The van der Waals surface area contributed by atoms with Crippen LogP contribution in [0.3, 0.4) is 0 Å². The molecule has 1 unspecified atom stereocenters. The summed E-state index contributed by atoms with van der Waals surface area (Å²) >= 11 is 9.29. The molecule has 0 saturated heterocycles. The van der Waals surface area contributed by atoms with Gasteiger partial charge in [0.1, 0.15) is 11.6 Å². The van der Waals surface area contributed by atoms with E-state index in [1.165, 1.54) is 6.07 Å². The number of hydrogen-bond acceptors (Lipinski definition) is 2. The first kappa shape index (κ1) is 15.3. The van der Waals surface area contributed by atoms with Gasteiger partial charge in [-0.25, -0.2) is 4.39 Å². The third-order valence-electron chi connectivity index (χ3n) is 3.08. The number of ether oxygens (including phenoxy) is 1. The second-order valence-corrected chi connectivity index (χ2v) is 5.57. The third kappa shape index (κ3) is 3.14. The fraction of sp³-hybridized carbons (Fsp3) is 0.200. The molecule has 0 aromatic heterocycles. The van der Waals surface area contributed by atoms with Gasteiger partial charge in [0.25, 0.3) is 0 Å². The van der Waals surface area contributed by atoms with Crippen molar-refractivity contribution in [2.45, 2.75) is 6.04 Å². The summed E-state index contributed by atoms with van der Waals surface area (Å²) in [7, 11) is 3.39. The molecule has 1 atom stereocenters. The largest absolute Gasteiger partial charge is 0.497 e. The van der Waals surface area contributed by atoms with E-state index in [-0.39, 0.29) is 11.9 Å². The summed E-state index contributed by atoms with van der Waals surface area (Å²) in [5.74, 6) is 0.409. The average Bonchev–Trinajstić information content (AvgIpc) is 2.43. The highest BCUT2D eigenvalue weighted by molar-refractivity contribution is 9.10. The molecule has 0 saturated carbocycles. The third-order valence-corrected chi connectivity index (χ3v) is 4.00. The van der Waals surface area contributed by atoms with E-state index < -0.39 is 0 Å². The van der Waals surface area contributed by atoms with Crippen molar-refractivity contribution in [1.29, 1.82) is 0 Å². The first-order valence-electron chi connectivity index (χ1n) is 6.02. The van der Waals surface area contributed by atoms with Crippen molar-refractivity contribution in [1.82, 2.24) is 5.32 Å². The monoisotopic (exact) mass is 357 g/mol. The van der Waals surface area contributed by atoms with Crippen LogP contribution in [0.15, 0.2) is 40.9 Å². The number of hydrogen-bond donors (Lipinski definition) is 1. The number of rotatable bonds is 4. The van der Waals surface area contributed by atoms with E-state index in [0.717, 1.165) is 15.8 Å². The summed E-state index contributed by atoms with van der Waals surface area (Å²) in [5, 5.41) is 3.50. The Balaban J connectivity index is 2.47. The molecule has 5 heteroatoms. The molecule has 0 fully saturated rings. The Bertz CT molecular complexity index is 621. The lowest BCUT2D eigenvalue weighted by Gasteiger charge is -2.20. The Morgan fingerprint density at radius 1 is 1.20 bits per heavy atom. The van der Waals surface area contributed by atoms with Crippen LogP contribution in [-0.2, 0) is 0 Å². The number of methoxy groups -OCH3 is 1. The molecule has 0 aliphatic rings. The van der Waals surface area contributed by atoms with Gasteiger partial charge in [0.05, 0.1) is 13.2 Å². The lowest BCUT2D eigenvalue weighted by atomic mass is 9.98. The molecule has 20 heavy (non-hydrogen) atoms. The Morgan fingerprint density at radius 2 is 1.90 bits per heavy atom. The second kappa shape index (κ2) is 6.57. The fourth-order valence-electron chi connectivity index (χ4n) is 2.08. The van der Waals surface area contributed by atoms with Gasteiger partial charge in [-0.15, -0.1) is 0 Å². The molecule has 2 nitrogen and oxygen atoms in total. The average molecular weight is 359 g/mol. The van der Waals surface area contributed by atoms with E-state index in [4.69, 9.17) is 16.3 Å². The van der Waals surface area contributed by atoms with E-state index in [1.807, 2.05) is 18.2 Å². The summed E-state index contributed by atoms with van der Waals surface area (Å²) in [6, 6.07) is 10.0. The normalized spacial score (nSPS) is 12.2. The Kier molecular flexibility index (Phi) is 5.02. The fourth-order valence-corrected chi connectivity index (χ4v) is 2.83. The number of nitrogens with one attached hydrogen (secondary N) is 1. The van der Waals surface area contributed by atoms with Crippen molar-refractivity contribution in [3.05, 3.63) is 62.8 Å². The van der Waals surface area contributed by atoms with Gasteiger partial charge in [0, 0.05) is 15.1 Å². The van der Waals surface area contributed by atoms with Crippen LogP contribution >= 0.6 is 27.5 Å². The van der Waals surface area contributed by atoms with Crippen molar-refractivity contribution >= 4 is 27.5 Å². The minimum atomic E-state index is -0.334. The number of benzene rings is 2. The molecule has 0 aliphatic heterocycles. The molecule has 0 amide bonds. The Hall–Kier alpha value is -1.10. The predicted molar refractivity (Wildman–Crippen MR) is 83.0 cm³/mol. The maximum atomic E-state index is 14.1. The summed E-state index contributed by atoms with van der Waals surface area (Å²) in [6.07, 6.45) is 0. The number of halogens is 3. The van der Waals surface area contributed by atoms with Crippen molar-refractivity contribution < 1.29 is 9.13 Å². The molecular formula is C15H14BrClFNO. The SMILES string of the molecule is CNC(c1ccc(Cl)cc1F)c1ccc(OC)cc1Br. The van der Waals surface area contributed by atoms with Gasteiger partial charge in [-0.05, 0) is 36.9 Å². The van der Waals surface area contributed by atoms with E-state index in [2.05, 4.69) is 21.2 Å². The van der Waals surface area contributed by atoms with Gasteiger partial charge in [0.15, 0.2) is 0 Å². The summed E-state index contributed by atoms with van der Waals surface area (Å²) < 4.78 is 20.1. The quantitative estimate of drug-likeness (QED) is 0.865. The molecule has 0 heterocycles. The van der Waals surface area contributed by atoms with Gasteiger partial charge < -0.3 is 10.1 Å². The zero-order valence-electron chi connectivity index (χ0n) is 11.1. The molecule has 2 aromatic rings.